The SMILES string of the molecule is CC1CC(c2ncc3[nH]ccc3n2)C(C)C(c2ccccc2)N1. The lowest BCUT2D eigenvalue weighted by Gasteiger charge is -2.40. The van der Waals surface area contributed by atoms with Gasteiger partial charge < -0.3 is 10.3 Å². The van der Waals surface area contributed by atoms with E-state index in [1.165, 1.54) is 5.56 Å². The van der Waals surface area contributed by atoms with Crippen molar-refractivity contribution in [3.63, 3.8) is 0 Å². The summed E-state index contributed by atoms with van der Waals surface area (Å²) in [4.78, 5) is 12.6. The Morgan fingerprint density at radius 2 is 1.91 bits per heavy atom. The Morgan fingerprint density at radius 3 is 2.74 bits per heavy atom. The summed E-state index contributed by atoms with van der Waals surface area (Å²) in [5.74, 6) is 1.79. The molecule has 2 N–H and O–H groups in total. The van der Waals surface area contributed by atoms with E-state index in [9.17, 15) is 0 Å². The molecule has 4 unspecified atom stereocenters. The van der Waals surface area contributed by atoms with Crippen molar-refractivity contribution < 1.29 is 0 Å². The molecule has 0 spiro atoms. The second-order valence-corrected chi connectivity index (χ2v) is 6.66. The Hall–Kier alpha value is -2.20. The lowest BCUT2D eigenvalue weighted by molar-refractivity contribution is 0.216. The Bertz CT molecular complexity index is 795. The first-order valence-electron chi connectivity index (χ1n) is 8.33. The molecule has 1 aliphatic rings. The van der Waals surface area contributed by atoms with Crippen LogP contribution in [0, 0.1) is 5.92 Å². The molecule has 0 bridgehead atoms. The number of nitrogens with one attached hydrogen (secondary N) is 2. The monoisotopic (exact) mass is 306 g/mol. The number of nitrogens with zero attached hydrogens (tertiary/aromatic N) is 2. The molecule has 4 heteroatoms. The fourth-order valence-electron chi connectivity index (χ4n) is 3.79. The zero-order valence-electron chi connectivity index (χ0n) is 13.5. The summed E-state index contributed by atoms with van der Waals surface area (Å²) in [7, 11) is 0. The number of aromatic nitrogens is 3. The van der Waals surface area contributed by atoms with E-state index >= 15 is 0 Å². The first kappa shape index (κ1) is 14.4. The Kier molecular flexibility index (Phi) is 3.62. The van der Waals surface area contributed by atoms with Gasteiger partial charge in [0.25, 0.3) is 0 Å². The molecule has 2 aromatic heterocycles. The summed E-state index contributed by atoms with van der Waals surface area (Å²) >= 11 is 0. The van der Waals surface area contributed by atoms with Gasteiger partial charge in [0.2, 0.25) is 0 Å². The molecular weight excluding hydrogens is 284 g/mol. The third-order valence-corrected chi connectivity index (χ3v) is 5.04. The summed E-state index contributed by atoms with van der Waals surface area (Å²) in [6.45, 7) is 4.57. The van der Waals surface area contributed by atoms with Gasteiger partial charge in [-0.1, -0.05) is 37.3 Å². The van der Waals surface area contributed by atoms with Crippen molar-refractivity contribution >= 4 is 11.0 Å². The number of hydrogen-bond donors (Lipinski definition) is 2. The molecule has 0 saturated carbocycles. The molecule has 0 amide bonds. The summed E-state index contributed by atoms with van der Waals surface area (Å²) in [6, 6.07) is 13.5. The Balaban J connectivity index is 1.69. The summed E-state index contributed by atoms with van der Waals surface area (Å²) in [5, 5.41) is 3.75. The molecule has 1 fully saturated rings. The van der Waals surface area contributed by atoms with Crippen LogP contribution in [0.1, 0.15) is 43.6 Å². The number of fused-ring (bicyclic) bond motifs is 1. The van der Waals surface area contributed by atoms with Crippen LogP contribution in [0.2, 0.25) is 0 Å². The van der Waals surface area contributed by atoms with Crippen molar-refractivity contribution in [3.8, 4) is 0 Å². The van der Waals surface area contributed by atoms with Gasteiger partial charge in [-0.3, -0.25) is 0 Å². The van der Waals surface area contributed by atoms with Crippen LogP contribution in [-0.4, -0.2) is 21.0 Å². The highest BCUT2D eigenvalue weighted by molar-refractivity contribution is 5.73. The zero-order chi connectivity index (χ0) is 15.8. The van der Waals surface area contributed by atoms with Crippen molar-refractivity contribution in [1.29, 1.82) is 0 Å². The fraction of sp³-hybridized carbons (Fsp3) is 0.368. The lowest BCUT2D eigenvalue weighted by Crippen LogP contribution is -2.43. The van der Waals surface area contributed by atoms with Gasteiger partial charge in [0.15, 0.2) is 0 Å². The van der Waals surface area contributed by atoms with Gasteiger partial charge in [-0.2, -0.15) is 0 Å². The van der Waals surface area contributed by atoms with Crippen molar-refractivity contribution in [1.82, 2.24) is 20.3 Å². The zero-order valence-corrected chi connectivity index (χ0v) is 13.5. The molecule has 3 heterocycles. The van der Waals surface area contributed by atoms with E-state index in [0.717, 1.165) is 23.3 Å². The molecule has 1 saturated heterocycles. The van der Waals surface area contributed by atoms with Crippen molar-refractivity contribution in [2.24, 2.45) is 5.92 Å². The van der Waals surface area contributed by atoms with Gasteiger partial charge in [0.1, 0.15) is 5.82 Å². The summed E-state index contributed by atoms with van der Waals surface area (Å²) < 4.78 is 0. The topological polar surface area (TPSA) is 53.6 Å². The highest BCUT2D eigenvalue weighted by Gasteiger charge is 2.36. The normalized spacial score (nSPS) is 28.1. The molecule has 4 nitrogen and oxygen atoms in total. The van der Waals surface area contributed by atoms with Crippen molar-refractivity contribution in [3.05, 3.63) is 60.2 Å². The highest BCUT2D eigenvalue weighted by Crippen LogP contribution is 2.40. The number of hydrogen-bond acceptors (Lipinski definition) is 3. The van der Waals surface area contributed by atoms with Crippen molar-refractivity contribution in [2.45, 2.75) is 38.3 Å². The van der Waals surface area contributed by atoms with Gasteiger partial charge >= 0.3 is 0 Å². The van der Waals surface area contributed by atoms with Gasteiger partial charge in [-0.25, -0.2) is 9.97 Å². The minimum atomic E-state index is 0.343. The smallest absolute Gasteiger partial charge is 0.132 e. The fourth-order valence-corrected chi connectivity index (χ4v) is 3.79. The maximum atomic E-state index is 4.80. The van der Waals surface area contributed by atoms with Gasteiger partial charge in [0.05, 0.1) is 17.2 Å². The van der Waals surface area contributed by atoms with E-state index in [0.29, 0.717) is 23.9 Å². The van der Waals surface area contributed by atoms with Gasteiger partial charge in [-0.15, -0.1) is 0 Å². The average molecular weight is 306 g/mol. The van der Waals surface area contributed by atoms with E-state index in [1.54, 1.807) is 0 Å². The van der Waals surface area contributed by atoms with E-state index < -0.39 is 0 Å². The van der Waals surface area contributed by atoms with E-state index in [-0.39, 0.29) is 0 Å². The minimum Gasteiger partial charge on any atom is -0.359 e. The molecule has 118 valence electrons. The first-order chi connectivity index (χ1) is 11.2. The minimum absolute atomic E-state index is 0.343. The van der Waals surface area contributed by atoms with Crippen LogP contribution >= 0.6 is 0 Å². The number of rotatable bonds is 2. The number of H-pyrrole nitrogens is 1. The lowest BCUT2D eigenvalue weighted by atomic mass is 9.76. The van der Waals surface area contributed by atoms with Crippen LogP contribution in [0.5, 0.6) is 0 Å². The third-order valence-electron chi connectivity index (χ3n) is 5.04. The van der Waals surface area contributed by atoms with Crippen LogP contribution in [-0.2, 0) is 0 Å². The maximum absolute atomic E-state index is 4.80. The number of benzene rings is 1. The maximum Gasteiger partial charge on any atom is 0.132 e. The largest absolute Gasteiger partial charge is 0.359 e. The molecule has 1 aromatic carbocycles. The average Bonchev–Trinajstić information content (AvgIpc) is 3.05. The molecule has 3 aromatic rings. The molecule has 0 aliphatic carbocycles. The molecule has 1 aliphatic heterocycles. The second-order valence-electron chi connectivity index (χ2n) is 6.66. The highest BCUT2D eigenvalue weighted by atomic mass is 15.0. The molecule has 4 rings (SSSR count). The quantitative estimate of drug-likeness (QED) is 0.757. The summed E-state index contributed by atoms with van der Waals surface area (Å²) in [5.41, 5.74) is 3.35. The van der Waals surface area contributed by atoms with E-state index in [2.05, 4.69) is 59.5 Å². The van der Waals surface area contributed by atoms with Crippen molar-refractivity contribution in [2.75, 3.05) is 0 Å². The standard InChI is InChI=1S/C19H22N4/c1-12-10-15(19-21-11-17-16(23-19)8-9-20-17)13(2)18(22-12)14-6-4-3-5-7-14/h3-9,11-13,15,18,20,22H,10H2,1-2H3. The molecule has 0 radical (unpaired) electrons. The molecular formula is C19H22N4. The van der Waals surface area contributed by atoms with Crippen LogP contribution in [0.4, 0.5) is 0 Å². The van der Waals surface area contributed by atoms with E-state index in [1.807, 2.05) is 18.5 Å². The Morgan fingerprint density at radius 1 is 1.09 bits per heavy atom. The number of aromatic amines is 1. The van der Waals surface area contributed by atoms with Gasteiger partial charge in [-0.05, 0) is 30.9 Å². The van der Waals surface area contributed by atoms with Crippen LogP contribution in [0.25, 0.3) is 11.0 Å². The predicted octanol–water partition coefficient (Wildman–Crippen LogP) is 3.80. The molecule has 4 atom stereocenters. The van der Waals surface area contributed by atoms with Gasteiger partial charge in [0, 0.05) is 24.2 Å². The van der Waals surface area contributed by atoms with Crippen LogP contribution in [0.3, 0.4) is 0 Å². The second kappa shape index (κ2) is 5.78. The first-order valence-corrected chi connectivity index (χ1v) is 8.33. The number of piperidine rings is 1. The Labute approximate surface area is 136 Å². The predicted molar refractivity (Wildman–Crippen MR) is 92.2 cm³/mol. The van der Waals surface area contributed by atoms with E-state index in [4.69, 9.17) is 4.98 Å². The summed E-state index contributed by atoms with van der Waals surface area (Å²) in [6.07, 6.45) is 4.90. The van der Waals surface area contributed by atoms with Crippen LogP contribution < -0.4 is 5.32 Å². The molecule has 23 heavy (non-hydrogen) atoms. The van der Waals surface area contributed by atoms with Crippen LogP contribution in [0.15, 0.2) is 48.8 Å². The third kappa shape index (κ3) is 2.63.